The number of hydrogen-bond acceptors (Lipinski definition) is 4. The minimum atomic E-state index is -1.31. The van der Waals surface area contributed by atoms with E-state index in [0.29, 0.717) is 12.0 Å². The van der Waals surface area contributed by atoms with Gasteiger partial charge in [-0.25, -0.2) is 18.4 Å². The molecule has 1 heterocycles. The number of amides is 3. The lowest BCUT2D eigenvalue weighted by atomic mass is 9.87. The highest BCUT2D eigenvalue weighted by Crippen LogP contribution is 2.29. The third-order valence-corrected chi connectivity index (χ3v) is 4.87. The number of aliphatic hydroxyl groups is 1. The lowest BCUT2D eigenvalue weighted by molar-refractivity contribution is -0.818. The van der Waals surface area contributed by atoms with Crippen LogP contribution in [0.4, 0.5) is 13.6 Å². The van der Waals surface area contributed by atoms with Gasteiger partial charge in [0.25, 0.3) is 0 Å². The van der Waals surface area contributed by atoms with Gasteiger partial charge in [-0.2, -0.15) is 4.48 Å². The molecule has 0 bridgehead atoms. The van der Waals surface area contributed by atoms with E-state index in [-0.39, 0.29) is 31.7 Å². The summed E-state index contributed by atoms with van der Waals surface area (Å²) in [6, 6.07) is 1.72. The molecule has 3 amide bonds. The van der Waals surface area contributed by atoms with Gasteiger partial charge in [0.2, 0.25) is 0 Å². The molecular formula is C18H26F2N3O3+. The molecule has 0 radical (unpaired) electrons. The number of carbonyl (C=O) groups excluding carboxylic acids is 2. The number of likely N-dealkylation sites (tertiary alicyclic amines) is 1. The van der Waals surface area contributed by atoms with E-state index in [1.165, 1.54) is 6.07 Å². The van der Waals surface area contributed by atoms with Crippen molar-refractivity contribution < 1.29 is 28.0 Å². The Labute approximate surface area is 151 Å². The van der Waals surface area contributed by atoms with E-state index in [9.17, 15) is 23.5 Å². The lowest BCUT2D eigenvalue weighted by Gasteiger charge is -2.42. The summed E-state index contributed by atoms with van der Waals surface area (Å²) in [5.74, 6) is -2.68. The summed E-state index contributed by atoms with van der Waals surface area (Å²) in [7, 11) is 0. The summed E-state index contributed by atoms with van der Waals surface area (Å²) in [5, 5.41) is 12.8. The van der Waals surface area contributed by atoms with Gasteiger partial charge in [-0.05, 0) is 11.6 Å². The lowest BCUT2D eigenvalue weighted by Crippen LogP contribution is -2.71. The van der Waals surface area contributed by atoms with E-state index in [4.69, 9.17) is 5.73 Å². The van der Waals surface area contributed by atoms with Crippen LogP contribution in [-0.2, 0) is 17.9 Å². The highest BCUT2D eigenvalue weighted by molar-refractivity contribution is 5.87. The van der Waals surface area contributed by atoms with Crippen molar-refractivity contribution in [1.29, 1.82) is 0 Å². The van der Waals surface area contributed by atoms with Gasteiger partial charge in [0.1, 0.15) is 13.1 Å². The fraction of sp³-hybridized carbons (Fsp3) is 0.556. The SMILES string of the molecule is CC(C)(C)[C@@H](O)C(=O)[N+]1(C(=O)NCc2c(CN)ccc(F)c2F)CCC1. The number of benzene rings is 1. The molecule has 1 aromatic carbocycles. The van der Waals surface area contributed by atoms with E-state index < -0.39 is 39.6 Å². The summed E-state index contributed by atoms with van der Waals surface area (Å²) < 4.78 is 27.0. The highest BCUT2D eigenvalue weighted by Gasteiger charge is 2.54. The summed E-state index contributed by atoms with van der Waals surface area (Å²) >= 11 is 0. The smallest absolute Gasteiger partial charge is 0.379 e. The minimum absolute atomic E-state index is 0.00985. The number of nitrogens with zero attached hydrogens (tertiary/aromatic N) is 1. The predicted octanol–water partition coefficient (Wildman–Crippen LogP) is 1.79. The molecule has 1 fully saturated rings. The molecule has 0 aliphatic carbocycles. The molecule has 0 aromatic heterocycles. The quantitative estimate of drug-likeness (QED) is 0.705. The molecule has 6 nitrogen and oxygen atoms in total. The molecule has 0 saturated carbocycles. The maximum atomic E-state index is 14.0. The maximum Gasteiger partial charge on any atom is 0.424 e. The summed E-state index contributed by atoms with van der Waals surface area (Å²) in [6.45, 7) is 5.37. The monoisotopic (exact) mass is 370 g/mol. The fourth-order valence-corrected chi connectivity index (χ4v) is 2.93. The van der Waals surface area contributed by atoms with Gasteiger partial charge < -0.3 is 16.2 Å². The van der Waals surface area contributed by atoms with E-state index in [0.717, 1.165) is 6.07 Å². The Balaban J connectivity index is 2.19. The van der Waals surface area contributed by atoms with Gasteiger partial charge in [-0.1, -0.05) is 26.8 Å². The van der Waals surface area contributed by atoms with Crippen LogP contribution in [0.3, 0.4) is 0 Å². The average molecular weight is 370 g/mol. The first kappa shape index (κ1) is 20.4. The van der Waals surface area contributed by atoms with Crippen LogP contribution in [0.25, 0.3) is 0 Å². The van der Waals surface area contributed by atoms with Crippen molar-refractivity contribution in [3.63, 3.8) is 0 Å². The standard InChI is InChI=1S/C18H25F2N3O3/c1-18(2,3)15(24)16(25)23(7-4-8-23)17(26)22-10-12-11(9-21)5-6-13(19)14(12)20/h5-6,15,24H,4,7-10,21H2,1-3H3/p+1/t15-/m0/s1. The van der Waals surface area contributed by atoms with Crippen molar-refractivity contribution >= 4 is 11.9 Å². The molecule has 8 heteroatoms. The third kappa shape index (κ3) is 3.62. The first-order valence-electron chi connectivity index (χ1n) is 8.58. The van der Waals surface area contributed by atoms with Crippen molar-refractivity contribution in [3.8, 4) is 0 Å². The van der Waals surface area contributed by atoms with Gasteiger partial charge in [-0.15, -0.1) is 0 Å². The molecule has 1 aliphatic rings. The minimum Gasteiger partial charge on any atom is -0.379 e. The maximum absolute atomic E-state index is 14.0. The molecule has 1 aliphatic heterocycles. The fourth-order valence-electron chi connectivity index (χ4n) is 2.93. The average Bonchev–Trinajstić information content (AvgIpc) is 2.53. The van der Waals surface area contributed by atoms with Crippen LogP contribution in [-0.4, -0.2) is 40.7 Å². The Bertz CT molecular complexity index is 712. The molecule has 1 aromatic rings. The molecule has 26 heavy (non-hydrogen) atoms. The van der Waals surface area contributed by atoms with Crippen LogP contribution in [0.2, 0.25) is 0 Å². The van der Waals surface area contributed by atoms with Crippen molar-refractivity contribution in [3.05, 3.63) is 34.9 Å². The van der Waals surface area contributed by atoms with Crippen molar-refractivity contribution in [1.82, 2.24) is 5.32 Å². The van der Waals surface area contributed by atoms with Gasteiger partial charge in [0, 0.05) is 23.9 Å². The second-order valence-corrected chi connectivity index (χ2v) is 7.74. The number of rotatable bonds is 4. The summed E-state index contributed by atoms with van der Waals surface area (Å²) in [5.41, 5.74) is 5.17. The Morgan fingerprint density at radius 3 is 2.38 bits per heavy atom. The normalized spacial score (nSPS) is 17.3. The number of nitrogens with one attached hydrogen (secondary N) is 1. The van der Waals surface area contributed by atoms with Crippen LogP contribution in [0, 0.1) is 17.0 Å². The molecular weight excluding hydrogens is 344 g/mol. The number of urea groups is 1. The van der Waals surface area contributed by atoms with Crippen LogP contribution in [0.1, 0.15) is 38.3 Å². The molecule has 144 valence electrons. The van der Waals surface area contributed by atoms with Gasteiger partial charge in [-0.3, -0.25) is 0 Å². The first-order chi connectivity index (χ1) is 12.0. The van der Waals surface area contributed by atoms with Gasteiger partial charge in [0.15, 0.2) is 17.7 Å². The van der Waals surface area contributed by atoms with E-state index in [2.05, 4.69) is 5.32 Å². The molecule has 1 atom stereocenters. The van der Waals surface area contributed by atoms with Crippen LogP contribution in [0.5, 0.6) is 0 Å². The second-order valence-electron chi connectivity index (χ2n) is 7.74. The summed E-state index contributed by atoms with van der Waals surface area (Å²) in [4.78, 5) is 25.4. The van der Waals surface area contributed by atoms with E-state index in [1.54, 1.807) is 20.8 Å². The van der Waals surface area contributed by atoms with Gasteiger partial charge >= 0.3 is 11.9 Å². The largest absolute Gasteiger partial charge is 0.424 e. The third-order valence-electron chi connectivity index (χ3n) is 4.87. The number of aliphatic hydroxyl groups excluding tert-OH is 1. The highest BCUT2D eigenvalue weighted by atomic mass is 19.2. The van der Waals surface area contributed by atoms with Crippen LogP contribution in [0.15, 0.2) is 12.1 Å². The number of nitrogens with two attached hydrogens (primary N) is 1. The second kappa shape index (κ2) is 7.38. The van der Waals surface area contributed by atoms with Crippen molar-refractivity contribution in [2.24, 2.45) is 11.1 Å². The zero-order valence-corrected chi connectivity index (χ0v) is 15.3. The number of hydrogen-bond donors (Lipinski definition) is 3. The van der Waals surface area contributed by atoms with Crippen LogP contribution >= 0.6 is 0 Å². The topological polar surface area (TPSA) is 92.4 Å². The van der Waals surface area contributed by atoms with Gasteiger partial charge in [0.05, 0.1) is 6.54 Å². The van der Waals surface area contributed by atoms with E-state index >= 15 is 0 Å². The number of imide groups is 1. The Morgan fingerprint density at radius 2 is 1.92 bits per heavy atom. The number of quaternary nitrogens is 1. The zero-order valence-electron chi connectivity index (χ0n) is 15.3. The number of carbonyl (C=O) groups is 2. The Morgan fingerprint density at radius 1 is 1.31 bits per heavy atom. The molecule has 2 rings (SSSR count). The number of halogens is 2. The Hall–Kier alpha value is -1.90. The summed E-state index contributed by atoms with van der Waals surface area (Å²) in [6.07, 6.45) is -0.641. The Kier molecular flexibility index (Phi) is 5.79. The molecule has 0 spiro atoms. The van der Waals surface area contributed by atoms with E-state index in [1.807, 2.05) is 0 Å². The molecule has 4 N–H and O–H groups in total. The predicted molar refractivity (Wildman–Crippen MR) is 91.6 cm³/mol. The van der Waals surface area contributed by atoms with Crippen LogP contribution < -0.4 is 11.1 Å². The van der Waals surface area contributed by atoms with Crippen molar-refractivity contribution in [2.75, 3.05) is 13.1 Å². The zero-order chi connectivity index (χ0) is 19.7. The first-order valence-corrected chi connectivity index (χ1v) is 8.58. The molecule has 1 saturated heterocycles. The van der Waals surface area contributed by atoms with Crippen molar-refractivity contribution in [2.45, 2.75) is 46.4 Å². The molecule has 0 unspecified atom stereocenters.